The van der Waals surface area contributed by atoms with Crippen LogP contribution >= 0.6 is 0 Å². The van der Waals surface area contributed by atoms with Gasteiger partial charge in [-0.2, -0.15) is 0 Å². The van der Waals surface area contributed by atoms with E-state index in [4.69, 9.17) is 14.3 Å². The normalized spacial score (nSPS) is 20.0. The molecule has 4 heterocycles. The predicted molar refractivity (Wildman–Crippen MR) is 212 cm³/mol. The molecule has 1 amide bonds. The van der Waals surface area contributed by atoms with E-state index in [0.717, 1.165) is 67.7 Å². The number of nitrogens with one attached hydrogen (secondary N) is 2. The van der Waals surface area contributed by atoms with Crippen molar-refractivity contribution in [2.24, 2.45) is 0 Å². The maximum absolute atomic E-state index is 12.7. The van der Waals surface area contributed by atoms with Crippen LogP contribution in [0.4, 0.5) is 28.7 Å². The lowest BCUT2D eigenvalue weighted by atomic mass is 10.0. The molecule has 2 N–H and O–H groups in total. The smallest absolute Gasteiger partial charge is 0.247 e. The number of methoxy groups -OCH3 is 1. The maximum Gasteiger partial charge on any atom is 0.247 e. The molecule has 1 aromatic heterocycles. The van der Waals surface area contributed by atoms with Crippen molar-refractivity contribution in [1.82, 2.24) is 19.8 Å². The lowest BCUT2D eigenvalue weighted by molar-refractivity contribution is -0.111. The van der Waals surface area contributed by atoms with Crippen LogP contribution in [0, 0.1) is 0 Å². The van der Waals surface area contributed by atoms with Crippen LogP contribution in [-0.4, -0.2) is 90.7 Å². The predicted octanol–water partition coefficient (Wildman–Crippen LogP) is 7.17. The van der Waals surface area contributed by atoms with Crippen molar-refractivity contribution in [3.8, 4) is 17.2 Å². The fourth-order valence-electron chi connectivity index (χ4n) is 8.06. The number of nitrogens with zero attached hydrogens (tertiary/aromatic N) is 6. The maximum atomic E-state index is 12.7. The molecule has 0 bridgehead atoms. The molecular weight excluding hydrogens is 681 g/mol. The molecule has 4 fully saturated rings. The molecule has 1 unspecified atom stereocenters. The number of benzene rings is 3. The minimum atomic E-state index is -0.271. The molecule has 1 aliphatic carbocycles. The van der Waals surface area contributed by atoms with Gasteiger partial charge in [0.25, 0.3) is 0 Å². The number of rotatable bonds is 12. The Bertz CT molecular complexity index is 1920. The molecule has 3 aromatic carbocycles. The number of ether oxygens (including phenoxy) is 2. The van der Waals surface area contributed by atoms with Gasteiger partial charge in [-0.25, -0.2) is 15.0 Å². The highest BCUT2D eigenvalue weighted by Gasteiger charge is 2.33. The first-order chi connectivity index (χ1) is 26.5. The highest BCUT2D eigenvalue weighted by atomic mass is 16.7. The fraction of sp³-hybridized carbons (Fsp3) is 0.405. The third kappa shape index (κ3) is 8.30. The Labute approximate surface area is 317 Å². The molecule has 54 heavy (non-hydrogen) atoms. The Balaban J connectivity index is 0.979. The number of piperidine rings is 1. The van der Waals surface area contributed by atoms with E-state index < -0.39 is 0 Å². The van der Waals surface area contributed by atoms with Crippen molar-refractivity contribution in [1.29, 1.82) is 0 Å². The summed E-state index contributed by atoms with van der Waals surface area (Å²) in [5.74, 6) is 3.08. The van der Waals surface area contributed by atoms with Crippen molar-refractivity contribution < 1.29 is 19.1 Å². The summed E-state index contributed by atoms with van der Waals surface area (Å²) in [5, 5.41) is 8.32. The van der Waals surface area contributed by atoms with E-state index in [1.807, 2.05) is 71.8 Å². The van der Waals surface area contributed by atoms with E-state index in [0.29, 0.717) is 41.4 Å². The van der Waals surface area contributed by atoms with Gasteiger partial charge in [0.2, 0.25) is 5.91 Å². The van der Waals surface area contributed by atoms with Gasteiger partial charge in [-0.15, -0.1) is 0 Å². The zero-order valence-corrected chi connectivity index (χ0v) is 31.0. The highest BCUT2D eigenvalue weighted by molar-refractivity contribution is 6.02. The molecule has 282 valence electrons. The van der Waals surface area contributed by atoms with Gasteiger partial charge in [-0.05, 0) is 87.2 Å². The monoisotopic (exact) mass is 730 g/mol. The minimum absolute atomic E-state index is 0.0671. The van der Waals surface area contributed by atoms with E-state index >= 15 is 0 Å². The number of carbonyl (C=O) groups is 1. The van der Waals surface area contributed by atoms with E-state index in [1.165, 1.54) is 51.3 Å². The average Bonchev–Trinajstić information content (AvgIpc) is 3.99. The summed E-state index contributed by atoms with van der Waals surface area (Å²) in [7, 11) is 1.66. The van der Waals surface area contributed by atoms with Gasteiger partial charge in [0.05, 0.1) is 36.8 Å². The first-order valence-corrected chi connectivity index (χ1v) is 19.3. The van der Waals surface area contributed by atoms with Gasteiger partial charge < -0.3 is 25.0 Å². The molecule has 0 spiro atoms. The molecule has 3 saturated heterocycles. The fourth-order valence-corrected chi connectivity index (χ4v) is 8.06. The van der Waals surface area contributed by atoms with Crippen LogP contribution in [-0.2, 0) is 9.63 Å². The van der Waals surface area contributed by atoms with Gasteiger partial charge in [0, 0.05) is 56.8 Å². The van der Waals surface area contributed by atoms with Gasteiger partial charge in [0.1, 0.15) is 29.4 Å². The first kappa shape index (κ1) is 35.8. The number of carbonyl (C=O) groups excluding carboxylic acids is 1. The van der Waals surface area contributed by atoms with E-state index in [1.54, 1.807) is 7.11 Å². The van der Waals surface area contributed by atoms with Gasteiger partial charge in [-0.3, -0.25) is 19.4 Å². The van der Waals surface area contributed by atoms with Crippen LogP contribution in [0.15, 0.2) is 91.8 Å². The van der Waals surface area contributed by atoms with Crippen molar-refractivity contribution in [3.63, 3.8) is 0 Å². The summed E-state index contributed by atoms with van der Waals surface area (Å²) >= 11 is 0. The second-order valence-corrected chi connectivity index (χ2v) is 14.5. The Morgan fingerprint density at radius 3 is 2.33 bits per heavy atom. The summed E-state index contributed by atoms with van der Waals surface area (Å²) in [4.78, 5) is 35.7. The number of hydroxylamine groups is 1. The standard InChI is InChI=1S/C42H50N8O4/c1-3-42(51)46-35-26-36(39(52-2)27-38(35)49-20-15-32(16-21-49)48-19-8-18-47(22-23-48)31-13-14-31)45-40-28-41(44-29-43-40)50-37(17-24-53-50)30-9-7-12-34(25-30)54-33-10-5-4-6-11-33/h3-7,9-12,25-29,31-32,37H,1,8,13-24H2,2H3,(H,46,51)(H,43,44,45). The Kier molecular flexibility index (Phi) is 10.9. The lowest BCUT2D eigenvalue weighted by Crippen LogP contribution is -2.46. The quantitative estimate of drug-likeness (QED) is 0.145. The second-order valence-electron chi connectivity index (χ2n) is 14.5. The highest BCUT2D eigenvalue weighted by Crippen LogP contribution is 2.41. The molecule has 3 aliphatic heterocycles. The van der Waals surface area contributed by atoms with Crippen molar-refractivity contribution in [2.75, 3.05) is 73.6 Å². The van der Waals surface area contributed by atoms with Crippen molar-refractivity contribution in [3.05, 3.63) is 97.3 Å². The zero-order chi connectivity index (χ0) is 36.9. The molecule has 12 heteroatoms. The number of amides is 1. The number of anilines is 5. The third-order valence-electron chi connectivity index (χ3n) is 11.0. The second kappa shape index (κ2) is 16.5. The van der Waals surface area contributed by atoms with Gasteiger partial charge in [0.15, 0.2) is 5.82 Å². The lowest BCUT2D eigenvalue weighted by Gasteiger charge is -2.40. The van der Waals surface area contributed by atoms with Crippen LogP contribution < -0.4 is 30.1 Å². The van der Waals surface area contributed by atoms with Crippen LogP contribution in [0.5, 0.6) is 17.2 Å². The Morgan fingerprint density at radius 1 is 0.833 bits per heavy atom. The molecule has 8 rings (SSSR count). The number of aromatic nitrogens is 2. The molecule has 0 radical (unpaired) electrons. The molecular formula is C42H50N8O4. The number of hydrogen-bond donors (Lipinski definition) is 2. The van der Waals surface area contributed by atoms with E-state index in [-0.39, 0.29) is 11.9 Å². The first-order valence-electron chi connectivity index (χ1n) is 19.3. The summed E-state index contributed by atoms with van der Waals surface area (Å²) in [5.41, 5.74) is 3.34. The molecule has 12 nitrogen and oxygen atoms in total. The number of hydrogen-bond acceptors (Lipinski definition) is 11. The van der Waals surface area contributed by atoms with E-state index in [9.17, 15) is 4.79 Å². The largest absolute Gasteiger partial charge is 0.494 e. The Hall–Kier alpha value is -5.17. The summed E-state index contributed by atoms with van der Waals surface area (Å²) in [6.45, 7) is 10.8. The summed E-state index contributed by atoms with van der Waals surface area (Å²) < 4.78 is 12.0. The van der Waals surface area contributed by atoms with Gasteiger partial charge in [-0.1, -0.05) is 36.9 Å². The van der Waals surface area contributed by atoms with Crippen LogP contribution in [0.3, 0.4) is 0 Å². The molecule has 1 atom stereocenters. The summed E-state index contributed by atoms with van der Waals surface area (Å²) in [6, 6.07) is 24.9. The van der Waals surface area contributed by atoms with E-state index in [2.05, 4.69) is 47.9 Å². The van der Waals surface area contributed by atoms with Crippen LogP contribution in [0.1, 0.15) is 50.1 Å². The molecule has 1 saturated carbocycles. The van der Waals surface area contributed by atoms with Gasteiger partial charge >= 0.3 is 0 Å². The SMILES string of the molecule is C=CC(=O)Nc1cc(Nc2cc(N3OCCC3c3cccc(Oc4ccccc4)c3)ncn2)c(OC)cc1N1CCC(N2CCCN(C3CC3)CC2)CC1. The van der Waals surface area contributed by atoms with Crippen LogP contribution in [0.2, 0.25) is 0 Å². The average molecular weight is 731 g/mol. The third-order valence-corrected chi connectivity index (χ3v) is 11.0. The van der Waals surface area contributed by atoms with Crippen molar-refractivity contribution >= 4 is 34.6 Å². The van der Waals surface area contributed by atoms with Crippen molar-refractivity contribution in [2.45, 2.75) is 56.7 Å². The van der Waals surface area contributed by atoms with Crippen LogP contribution in [0.25, 0.3) is 0 Å². The minimum Gasteiger partial charge on any atom is -0.494 e. The zero-order valence-electron chi connectivity index (χ0n) is 31.0. The number of para-hydroxylation sites is 1. The molecule has 4 aromatic rings. The Morgan fingerprint density at radius 2 is 1.59 bits per heavy atom. The topological polar surface area (TPSA) is 108 Å². The molecule has 4 aliphatic rings. The summed E-state index contributed by atoms with van der Waals surface area (Å²) in [6.07, 6.45) is 9.75.